The van der Waals surface area contributed by atoms with Gasteiger partial charge in [0.25, 0.3) is 0 Å². The highest BCUT2D eigenvalue weighted by molar-refractivity contribution is 6.32. The highest BCUT2D eigenvalue weighted by Crippen LogP contribution is 2.35. The van der Waals surface area contributed by atoms with Crippen LogP contribution in [0.1, 0.15) is 18.4 Å². The molecule has 3 aromatic rings. The summed E-state index contributed by atoms with van der Waals surface area (Å²) in [5.41, 5.74) is 4.25. The van der Waals surface area contributed by atoms with Crippen molar-refractivity contribution in [1.82, 2.24) is 9.78 Å². The number of nitrogens with one attached hydrogen (secondary N) is 1. The topological polar surface area (TPSA) is 39.1 Å². The normalized spacial score (nSPS) is 13.7. The molecule has 5 heteroatoms. The molecule has 0 unspecified atom stereocenters. The Labute approximate surface area is 152 Å². The van der Waals surface area contributed by atoms with E-state index >= 15 is 0 Å². The Bertz CT molecular complexity index is 886. The molecule has 0 spiro atoms. The highest BCUT2D eigenvalue weighted by Gasteiger charge is 2.22. The van der Waals surface area contributed by atoms with Crippen molar-refractivity contribution in [3.8, 4) is 22.7 Å². The number of ether oxygens (including phenoxy) is 1. The molecule has 1 N–H and O–H groups in total. The average molecular weight is 354 g/mol. The summed E-state index contributed by atoms with van der Waals surface area (Å²) in [5.74, 6) is 1.90. The lowest BCUT2D eigenvalue weighted by molar-refractivity contribution is 0.415. The van der Waals surface area contributed by atoms with Gasteiger partial charge in [-0.15, -0.1) is 0 Å². The van der Waals surface area contributed by atoms with Gasteiger partial charge in [-0.1, -0.05) is 23.7 Å². The van der Waals surface area contributed by atoms with Crippen LogP contribution in [0.5, 0.6) is 5.75 Å². The number of hydrogen-bond donors (Lipinski definition) is 1. The zero-order valence-electron chi connectivity index (χ0n) is 14.1. The van der Waals surface area contributed by atoms with Crippen molar-refractivity contribution >= 4 is 17.4 Å². The molecule has 1 aromatic heterocycles. The minimum absolute atomic E-state index is 0.695. The second-order valence-corrected chi connectivity index (χ2v) is 6.56. The standard InChI is InChI=1S/C20H20ClN3O/c1-25-15-11-9-14(10-12-15)19-16-6-4-5-13-22-20(16)24(23-19)18-8-3-2-7-17(18)21/h2-3,7-12,22H,4-6,13H2,1H3. The summed E-state index contributed by atoms with van der Waals surface area (Å²) in [5, 5.41) is 9.16. The predicted molar refractivity (Wildman–Crippen MR) is 102 cm³/mol. The first-order valence-electron chi connectivity index (χ1n) is 8.53. The van der Waals surface area contributed by atoms with Gasteiger partial charge in [0.1, 0.15) is 11.6 Å². The number of aromatic nitrogens is 2. The molecule has 2 heterocycles. The third-order valence-corrected chi connectivity index (χ3v) is 4.89. The fraction of sp³-hybridized carbons (Fsp3) is 0.250. The van der Waals surface area contributed by atoms with Crippen molar-refractivity contribution in [2.45, 2.75) is 19.3 Å². The van der Waals surface area contributed by atoms with E-state index in [4.69, 9.17) is 21.4 Å². The second-order valence-electron chi connectivity index (χ2n) is 6.15. The van der Waals surface area contributed by atoms with Crippen molar-refractivity contribution in [3.63, 3.8) is 0 Å². The molecule has 0 radical (unpaired) electrons. The molecule has 128 valence electrons. The van der Waals surface area contributed by atoms with Crippen molar-refractivity contribution < 1.29 is 4.74 Å². The van der Waals surface area contributed by atoms with E-state index in [1.807, 2.05) is 41.1 Å². The van der Waals surface area contributed by atoms with Crippen LogP contribution in [0.25, 0.3) is 16.9 Å². The summed E-state index contributed by atoms with van der Waals surface area (Å²) >= 11 is 6.43. The number of hydrogen-bond acceptors (Lipinski definition) is 3. The number of methoxy groups -OCH3 is 1. The summed E-state index contributed by atoms with van der Waals surface area (Å²) in [6, 6.07) is 15.9. The van der Waals surface area contributed by atoms with E-state index in [1.54, 1.807) is 7.11 Å². The predicted octanol–water partition coefficient (Wildman–Crippen LogP) is 4.95. The van der Waals surface area contributed by atoms with Crippen LogP contribution in [0.15, 0.2) is 48.5 Å². The summed E-state index contributed by atoms with van der Waals surface area (Å²) in [4.78, 5) is 0. The smallest absolute Gasteiger partial charge is 0.133 e. The van der Waals surface area contributed by atoms with Crippen LogP contribution in [0.2, 0.25) is 5.02 Å². The van der Waals surface area contributed by atoms with Crippen LogP contribution in [0, 0.1) is 0 Å². The fourth-order valence-electron chi connectivity index (χ4n) is 3.28. The summed E-state index contributed by atoms with van der Waals surface area (Å²) < 4.78 is 7.22. The summed E-state index contributed by atoms with van der Waals surface area (Å²) in [6.07, 6.45) is 3.31. The number of para-hydroxylation sites is 1. The van der Waals surface area contributed by atoms with Crippen LogP contribution < -0.4 is 10.1 Å². The molecule has 1 aliphatic heterocycles. The summed E-state index contributed by atoms with van der Waals surface area (Å²) in [6.45, 7) is 0.950. The van der Waals surface area contributed by atoms with Crippen LogP contribution in [-0.4, -0.2) is 23.4 Å². The Morgan fingerprint density at radius 2 is 1.88 bits per heavy atom. The Hall–Kier alpha value is -2.46. The summed E-state index contributed by atoms with van der Waals surface area (Å²) in [7, 11) is 1.68. The molecule has 25 heavy (non-hydrogen) atoms. The van der Waals surface area contributed by atoms with Crippen molar-refractivity contribution in [1.29, 1.82) is 0 Å². The zero-order valence-corrected chi connectivity index (χ0v) is 14.9. The molecule has 0 saturated heterocycles. The number of rotatable bonds is 3. The van der Waals surface area contributed by atoms with Crippen molar-refractivity contribution in [2.75, 3.05) is 19.0 Å². The van der Waals surface area contributed by atoms with E-state index in [1.165, 1.54) is 5.56 Å². The van der Waals surface area contributed by atoms with E-state index < -0.39 is 0 Å². The van der Waals surface area contributed by atoms with Gasteiger partial charge in [0.2, 0.25) is 0 Å². The van der Waals surface area contributed by atoms with Crippen LogP contribution in [0.3, 0.4) is 0 Å². The first-order valence-corrected chi connectivity index (χ1v) is 8.91. The lowest BCUT2D eigenvalue weighted by Crippen LogP contribution is -2.07. The van der Waals surface area contributed by atoms with Crippen molar-refractivity contribution in [3.05, 3.63) is 59.1 Å². The van der Waals surface area contributed by atoms with Gasteiger partial charge >= 0.3 is 0 Å². The zero-order chi connectivity index (χ0) is 17.2. The number of halogens is 1. The molecular weight excluding hydrogens is 334 g/mol. The molecule has 0 amide bonds. The molecule has 0 saturated carbocycles. The molecular formula is C20H20ClN3O. The Balaban J connectivity index is 1.88. The van der Waals surface area contributed by atoms with Crippen molar-refractivity contribution in [2.24, 2.45) is 0 Å². The molecule has 0 aliphatic carbocycles. The van der Waals surface area contributed by atoms with Gasteiger partial charge in [0.05, 0.1) is 23.5 Å². The molecule has 4 nitrogen and oxygen atoms in total. The number of anilines is 1. The number of benzene rings is 2. The third-order valence-electron chi connectivity index (χ3n) is 4.57. The maximum Gasteiger partial charge on any atom is 0.133 e. The first-order chi connectivity index (χ1) is 12.3. The minimum Gasteiger partial charge on any atom is -0.497 e. The molecule has 4 rings (SSSR count). The monoisotopic (exact) mass is 353 g/mol. The Kier molecular flexibility index (Phi) is 4.36. The molecule has 2 aromatic carbocycles. The van der Waals surface area contributed by atoms with Gasteiger partial charge in [0.15, 0.2) is 0 Å². The van der Waals surface area contributed by atoms with Crippen LogP contribution in [-0.2, 0) is 6.42 Å². The maximum atomic E-state index is 6.43. The van der Waals surface area contributed by atoms with E-state index in [9.17, 15) is 0 Å². The number of nitrogens with zero attached hydrogens (tertiary/aromatic N) is 2. The second kappa shape index (κ2) is 6.81. The first kappa shape index (κ1) is 16.0. The average Bonchev–Trinajstić information content (AvgIpc) is 2.83. The minimum atomic E-state index is 0.695. The van der Waals surface area contributed by atoms with Gasteiger partial charge in [-0.3, -0.25) is 0 Å². The maximum absolute atomic E-state index is 6.43. The van der Waals surface area contributed by atoms with Gasteiger partial charge < -0.3 is 10.1 Å². The Morgan fingerprint density at radius 1 is 1.08 bits per heavy atom. The van der Waals surface area contributed by atoms with Gasteiger partial charge in [-0.25, -0.2) is 4.68 Å². The fourth-order valence-corrected chi connectivity index (χ4v) is 3.50. The van der Waals surface area contributed by atoms with Crippen LogP contribution in [0.4, 0.5) is 5.82 Å². The quantitative estimate of drug-likeness (QED) is 0.724. The lowest BCUT2D eigenvalue weighted by Gasteiger charge is -2.10. The molecule has 0 bridgehead atoms. The van der Waals surface area contributed by atoms with Gasteiger partial charge in [-0.2, -0.15) is 5.10 Å². The van der Waals surface area contributed by atoms with Crippen LogP contribution >= 0.6 is 11.6 Å². The van der Waals surface area contributed by atoms with E-state index in [2.05, 4.69) is 17.4 Å². The van der Waals surface area contributed by atoms with Gasteiger partial charge in [0, 0.05) is 17.7 Å². The largest absolute Gasteiger partial charge is 0.497 e. The van der Waals surface area contributed by atoms with E-state index in [0.717, 1.165) is 54.3 Å². The number of fused-ring (bicyclic) bond motifs is 1. The van der Waals surface area contributed by atoms with Gasteiger partial charge in [-0.05, 0) is 55.7 Å². The molecule has 0 atom stereocenters. The highest BCUT2D eigenvalue weighted by atomic mass is 35.5. The molecule has 0 fully saturated rings. The SMILES string of the molecule is COc1ccc(-c2nn(-c3ccccc3Cl)c3c2CCCCN3)cc1. The lowest BCUT2D eigenvalue weighted by atomic mass is 10.0. The van der Waals surface area contributed by atoms with E-state index in [0.29, 0.717) is 5.02 Å². The third kappa shape index (κ3) is 2.98. The van der Waals surface area contributed by atoms with E-state index in [-0.39, 0.29) is 0 Å². The molecule has 1 aliphatic rings. The Morgan fingerprint density at radius 3 is 2.64 bits per heavy atom.